The van der Waals surface area contributed by atoms with Crippen LogP contribution in [0.1, 0.15) is 39.5 Å². The lowest BCUT2D eigenvalue weighted by Crippen LogP contribution is -2.14. The molecule has 1 unspecified atom stereocenters. The molecule has 0 saturated carbocycles. The van der Waals surface area contributed by atoms with E-state index in [9.17, 15) is 4.79 Å². The number of ether oxygens (including phenoxy) is 1. The summed E-state index contributed by atoms with van der Waals surface area (Å²) < 4.78 is 5.30. The van der Waals surface area contributed by atoms with Crippen LogP contribution in [0.5, 0.6) is 0 Å². The third-order valence-corrected chi connectivity index (χ3v) is 1.55. The van der Waals surface area contributed by atoms with Crippen LogP contribution in [0.15, 0.2) is 0 Å². The minimum absolute atomic E-state index is 0.161. The molecule has 66 valence electrons. The second kappa shape index (κ2) is 7.73. The third-order valence-electron chi connectivity index (χ3n) is 1.55. The van der Waals surface area contributed by atoms with E-state index in [4.69, 9.17) is 4.74 Å². The van der Waals surface area contributed by atoms with E-state index in [1.165, 1.54) is 0 Å². The molecule has 0 aliphatic rings. The lowest BCUT2D eigenvalue weighted by atomic mass is 10.2. The topological polar surface area (TPSA) is 26.3 Å². The van der Waals surface area contributed by atoms with Crippen molar-refractivity contribution in [1.82, 2.24) is 0 Å². The van der Waals surface area contributed by atoms with Crippen LogP contribution >= 0.6 is 0 Å². The van der Waals surface area contributed by atoms with E-state index in [1.807, 2.05) is 0 Å². The Labute approximate surface area is 68.9 Å². The first kappa shape index (κ1) is 10.6. The SMILES string of the molecule is CCCCOC(C=O)CCC. The zero-order valence-electron chi connectivity index (χ0n) is 7.51. The van der Waals surface area contributed by atoms with Gasteiger partial charge in [-0.3, -0.25) is 0 Å². The lowest BCUT2D eigenvalue weighted by Gasteiger charge is -2.09. The maximum Gasteiger partial charge on any atom is 0.148 e. The summed E-state index contributed by atoms with van der Waals surface area (Å²) in [4.78, 5) is 10.4. The number of unbranched alkanes of at least 4 members (excludes halogenated alkanes) is 1. The Morgan fingerprint density at radius 2 is 2.09 bits per heavy atom. The lowest BCUT2D eigenvalue weighted by molar-refractivity contribution is -0.118. The molecule has 0 aromatic carbocycles. The summed E-state index contributed by atoms with van der Waals surface area (Å²) in [5.41, 5.74) is 0. The van der Waals surface area contributed by atoms with Gasteiger partial charge in [-0.15, -0.1) is 0 Å². The van der Waals surface area contributed by atoms with Crippen molar-refractivity contribution >= 4 is 6.29 Å². The maximum atomic E-state index is 10.4. The highest BCUT2D eigenvalue weighted by atomic mass is 16.5. The molecule has 0 rings (SSSR count). The summed E-state index contributed by atoms with van der Waals surface area (Å²) in [6.07, 6.45) is 4.78. The molecule has 2 heteroatoms. The normalized spacial score (nSPS) is 12.9. The molecule has 0 saturated heterocycles. The van der Waals surface area contributed by atoms with Crippen molar-refractivity contribution in [3.8, 4) is 0 Å². The monoisotopic (exact) mass is 158 g/mol. The number of carbonyl (C=O) groups is 1. The fraction of sp³-hybridized carbons (Fsp3) is 0.889. The van der Waals surface area contributed by atoms with E-state index in [0.717, 1.165) is 38.6 Å². The molecule has 0 bridgehead atoms. The predicted molar refractivity (Wildman–Crippen MR) is 45.6 cm³/mol. The van der Waals surface area contributed by atoms with E-state index < -0.39 is 0 Å². The number of carbonyl (C=O) groups excluding carboxylic acids is 1. The number of rotatable bonds is 7. The van der Waals surface area contributed by atoms with Crippen molar-refractivity contribution in [3.63, 3.8) is 0 Å². The van der Waals surface area contributed by atoms with Crippen LogP contribution in [0.4, 0.5) is 0 Å². The molecule has 0 spiro atoms. The molecule has 0 aromatic heterocycles. The summed E-state index contributed by atoms with van der Waals surface area (Å²) in [6, 6.07) is 0. The zero-order valence-corrected chi connectivity index (χ0v) is 7.51. The highest BCUT2D eigenvalue weighted by Gasteiger charge is 2.03. The van der Waals surface area contributed by atoms with E-state index in [1.54, 1.807) is 0 Å². The average molecular weight is 158 g/mol. The van der Waals surface area contributed by atoms with Gasteiger partial charge < -0.3 is 9.53 Å². The van der Waals surface area contributed by atoms with Crippen molar-refractivity contribution in [3.05, 3.63) is 0 Å². The standard InChI is InChI=1S/C9H18O2/c1-3-5-7-11-9(8-10)6-4-2/h8-9H,3-7H2,1-2H3. The molecule has 2 nitrogen and oxygen atoms in total. The van der Waals surface area contributed by atoms with E-state index in [-0.39, 0.29) is 6.10 Å². The zero-order chi connectivity index (χ0) is 8.53. The molecule has 0 aromatic rings. The summed E-state index contributed by atoms with van der Waals surface area (Å²) in [7, 11) is 0. The highest BCUT2D eigenvalue weighted by Crippen LogP contribution is 2.00. The molecule has 0 heterocycles. The van der Waals surface area contributed by atoms with Gasteiger partial charge in [-0.05, 0) is 12.8 Å². The molecule has 0 N–H and O–H groups in total. The summed E-state index contributed by atoms with van der Waals surface area (Å²) in [6.45, 7) is 4.89. The summed E-state index contributed by atoms with van der Waals surface area (Å²) in [5.74, 6) is 0. The first-order chi connectivity index (χ1) is 5.35. The Balaban J connectivity index is 3.28. The van der Waals surface area contributed by atoms with Crippen LogP contribution in [-0.4, -0.2) is 19.0 Å². The first-order valence-corrected chi connectivity index (χ1v) is 4.42. The van der Waals surface area contributed by atoms with E-state index in [2.05, 4.69) is 13.8 Å². The fourth-order valence-electron chi connectivity index (χ4n) is 0.854. The smallest absolute Gasteiger partial charge is 0.148 e. The molecule has 11 heavy (non-hydrogen) atoms. The Bertz CT molecular complexity index is 91.6. The van der Waals surface area contributed by atoms with Gasteiger partial charge in [0.25, 0.3) is 0 Å². The summed E-state index contributed by atoms with van der Waals surface area (Å²) in [5, 5.41) is 0. The number of aldehydes is 1. The third kappa shape index (κ3) is 6.05. The van der Waals surface area contributed by atoms with Gasteiger partial charge >= 0.3 is 0 Å². The van der Waals surface area contributed by atoms with Gasteiger partial charge in [0, 0.05) is 6.61 Å². The molecular weight excluding hydrogens is 140 g/mol. The van der Waals surface area contributed by atoms with Gasteiger partial charge in [0.2, 0.25) is 0 Å². The quantitative estimate of drug-likeness (QED) is 0.419. The van der Waals surface area contributed by atoms with Crippen molar-refractivity contribution in [2.45, 2.75) is 45.6 Å². The van der Waals surface area contributed by atoms with E-state index >= 15 is 0 Å². The Hall–Kier alpha value is -0.370. The predicted octanol–water partition coefficient (Wildman–Crippen LogP) is 2.17. The average Bonchev–Trinajstić information content (AvgIpc) is 2.03. The fourth-order valence-corrected chi connectivity index (χ4v) is 0.854. The highest BCUT2D eigenvalue weighted by molar-refractivity contribution is 5.55. The second-order valence-corrected chi connectivity index (χ2v) is 2.69. The molecule has 1 atom stereocenters. The van der Waals surface area contributed by atoms with Gasteiger partial charge in [-0.1, -0.05) is 26.7 Å². The number of hydrogen-bond acceptors (Lipinski definition) is 2. The Morgan fingerprint density at radius 1 is 1.36 bits per heavy atom. The van der Waals surface area contributed by atoms with Crippen LogP contribution < -0.4 is 0 Å². The first-order valence-electron chi connectivity index (χ1n) is 4.42. The molecule has 0 aliphatic carbocycles. The molecule has 0 amide bonds. The van der Waals surface area contributed by atoms with Crippen molar-refractivity contribution in [1.29, 1.82) is 0 Å². The largest absolute Gasteiger partial charge is 0.371 e. The van der Waals surface area contributed by atoms with Gasteiger partial charge in [-0.2, -0.15) is 0 Å². The maximum absolute atomic E-state index is 10.4. The Kier molecular flexibility index (Phi) is 7.47. The van der Waals surface area contributed by atoms with Crippen LogP contribution in [0.2, 0.25) is 0 Å². The van der Waals surface area contributed by atoms with E-state index in [0.29, 0.717) is 0 Å². The van der Waals surface area contributed by atoms with Gasteiger partial charge in [0.15, 0.2) is 0 Å². The van der Waals surface area contributed by atoms with Crippen molar-refractivity contribution in [2.24, 2.45) is 0 Å². The summed E-state index contributed by atoms with van der Waals surface area (Å²) >= 11 is 0. The molecule has 0 radical (unpaired) electrons. The molecule has 0 aliphatic heterocycles. The van der Waals surface area contributed by atoms with Crippen molar-refractivity contribution < 1.29 is 9.53 Å². The molecule has 0 fully saturated rings. The van der Waals surface area contributed by atoms with Crippen LogP contribution in [0.25, 0.3) is 0 Å². The van der Waals surface area contributed by atoms with Crippen LogP contribution in [0.3, 0.4) is 0 Å². The molecular formula is C9H18O2. The van der Waals surface area contributed by atoms with Crippen LogP contribution in [0, 0.1) is 0 Å². The van der Waals surface area contributed by atoms with Gasteiger partial charge in [0.05, 0.1) is 0 Å². The minimum atomic E-state index is -0.161. The Morgan fingerprint density at radius 3 is 2.55 bits per heavy atom. The van der Waals surface area contributed by atoms with Crippen molar-refractivity contribution in [2.75, 3.05) is 6.61 Å². The van der Waals surface area contributed by atoms with Gasteiger partial charge in [0.1, 0.15) is 12.4 Å². The second-order valence-electron chi connectivity index (χ2n) is 2.69. The minimum Gasteiger partial charge on any atom is -0.371 e. The van der Waals surface area contributed by atoms with Crippen LogP contribution in [-0.2, 0) is 9.53 Å². The number of hydrogen-bond donors (Lipinski definition) is 0. The van der Waals surface area contributed by atoms with Gasteiger partial charge in [-0.25, -0.2) is 0 Å².